The molecule has 2 aliphatic rings. The Morgan fingerprint density at radius 1 is 0.754 bits per heavy atom. The molecule has 0 amide bonds. The summed E-state index contributed by atoms with van der Waals surface area (Å²) in [5.41, 5.74) is 18.5. The molecular formula is C41H58F2N10O9S3. The van der Waals surface area contributed by atoms with Crippen molar-refractivity contribution in [2.75, 3.05) is 75.4 Å². The number of hydrogen-bond donors (Lipinski definition) is 4. The summed E-state index contributed by atoms with van der Waals surface area (Å²) in [6.45, 7) is 6.96. The van der Waals surface area contributed by atoms with Gasteiger partial charge in [-0.2, -0.15) is 4.98 Å². The van der Waals surface area contributed by atoms with Crippen LogP contribution in [0.2, 0.25) is 0 Å². The fraction of sp³-hybridized carbons (Fsp3) is 0.463. The number of nitrogen functional groups attached to an aromatic ring is 2. The molecule has 19 nitrogen and oxygen atoms in total. The lowest BCUT2D eigenvalue weighted by Crippen LogP contribution is -2.42. The number of ether oxygens (including phenoxy) is 2. The van der Waals surface area contributed by atoms with Crippen LogP contribution in [-0.2, 0) is 30.8 Å². The lowest BCUT2D eigenvalue weighted by molar-refractivity contribution is 0.102. The largest absolute Gasteiger partial charge is 0.496 e. The monoisotopic (exact) mass is 968 g/mol. The van der Waals surface area contributed by atoms with Gasteiger partial charge in [0.05, 0.1) is 59.8 Å². The Kier molecular flexibility index (Phi) is 19.3. The first kappa shape index (κ1) is 54.1. The highest BCUT2D eigenvalue weighted by atomic mass is 32.2. The van der Waals surface area contributed by atoms with Crippen molar-refractivity contribution in [3.8, 4) is 11.5 Å². The van der Waals surface area contributed by atoms with E-state index in [1.807, 2.05) is 0 Å². The van der Waals surface area contributed by atoms with Gasteiger partial charge in [-0.3, -0.25) is 13.8 Å². The molecule has 24 heteroatoms. The van der Waals surface area contributed by atoms with Gasteiger partial charge < -0.3 is 32.0 Å². The summed E-state index contributed by atoms with van der Waals surface area (Å²) >= 11 is 0. The normalized spacial score (nSPS) is 15.5. The summed E-state index contributed by atoms with van der Waals surface area (Å²) in [4.78, 5) is 41.6. The topological polar surface area (TPSA) is 286 Å². The van der Waals surface area contributed by atoms with E-state index in [0.717, 1.165) is 25.0 Å². The van der Waals surface area contributed by atoms with E-state index < -0.39 is 54.0 Å². The zero-order chi connectivity index (χ0) is 47.7. The first-order valence-corrected chi connectivity index (χ1v) is 24.8. The SMILES string of the molecule is C.CCS(=O)c1ncc(C(=O)c2cc(F)cc(C)c2OC)c(N)n1.COc1c(C)cc(F)cc1C(=O)c1cnc(NC2CCN(S(C)(=O)=O)CC2)nc1N.CS(=O)(=O)N1CCC(N)CC1. The number of hydrogen-bond acceptors (Lipinski definition) is 17. The molecule has 0 saturated carbocycles. The molecule has 6 rings (SSSR count). The first-order valence-electron chi connectivity index (χ1n) is 19.8. The van der Waals surface area contributed by atoms with E-state index in [-0.39, 0.29) is 76.0 Å². The Balaban J connectivity index is 0.000000283. The molecule has 2 aromatic carbocycles. The molecule has 4 heterocycles. The number of nitrogens with zero attached hydrogens (tertiary/aromatic N) is 6. The highest BCUT2D eigenvalue weighted by Gasteiger charge is 2.27. The second-order valence-corrected chi connectivity index (χ2v) is 20.5. The number of ketones is 2. The molecule has 358 valence electrons. The third-order valence-electron chi connectivity index (χ3n) is 10.2. The lowest BCUT2D eigenvalue weighted by Gasteiger charge is -2.30. The van der Waals surface area contributed by atoms with E-state index in [2.05, 4.69) is 25.3 Å². The van der Waals surface area contributed by atoms with Crippen molar-refractivity contribution in [2.24, 2.45) is 5.73 Å². The number of piperidine rings is 2. The number of anilines is 3. The van der Waals surface area contributed by atoms with E-state index in [1.54, 1.807) is 20.8 Å². The van der Waals surface area contributed by atoms with Gasteiger partial charge in [0.1, 0.15) is 34.8 Å². The molecule has 65 heavy (non-hydrogen) atoms. The third kappa shape index (κ3) is 14.4. The number of aromatic nitrogens is 4. The van der Waals surface area contributed by atoms with Gasteiger partial charge in [-0.1, -0.05) is 14.4 Å². The molecular weight excluding hydrogens is 911 g/mol. The number of carbonyl (C=O) groups excluding carboxylic acids is 2. The minimum atomic E-state index is -3.20. The van der Waals surface area contributed by atoms with E-state index in [4.69, 9.17) is 26.7 Å². The Labute approximate surface area is 381 Å². The van der Waals surface area contributed by atoms with Gasteiger partial charge in [-0.25, -0.2) is 49.2 Å². The Morgan fingerprint density at radius 3 is 1.55 bits per heavy atom. The maximum Gasteiger partial charge on any atom is 0.224 e. The molecule has 1 atom stereocenters. The van der Waals surface area contributed by atoms with Crippen LogP contribution in [-0.4, -0.2) is 132 Å². The highest BCUT2D eigenvalue weighted by molar-refractivity contribution is 7.88. The van der Waals surface area contributed by atoms with E-state index in [0.29, 0.717) is 55.9 Å². The predicted molar refractivity (Wildman–Crippen MR) is 245 cm³/mol. The summed E-state index contributed by atoms with van der Waals surface area (Å²) in [5.74, 6) is -1.27. The molecule has 0 spiro atoms. The van der Waals surface area contributed by atoms with Crippen molar-refractivity contribution in [3.63, 3.8) is 0 Å². The molecule has 2 fully saturated rings. The fourth-order valence-corrected chi connectivity index (χ4v) is 9.16. The Hall–Kier alpha value is -5.27. The van der Waals surface area contributed by atoms with Crippen molar-refractivity contribution in [3.05, 3.63) is 81.7 Å². The van der Waals surface area contributed by atoms with E-state index >= 15 is 0 Å². The molecule has 0 bridgehead atoms. The van der Waals surface area contributed by atoms with Gasteiger partial charge in [-0.05, 0) is 74.9 Å². The maximum atomic E-state index is 13.8. The molecule has 1 unspecified atom stereocenters. The summed E-state index contributed by atoms with van der Waals surface area (Å²) in [6.07, 6.45) is 7.68. The number of nitrogens with two attached hydrogens (primary N) is 3. The summed E-state index contributed by atoms with van der Waals surface area (Å²) in [6, 6.07) is 4.88. The molecule has 2 aliphatic heterocycles. The van der Waals surface area contributed by atoms with Crippen LogP contribution in [0.25, 0.3) is 0 Å². The average Bonchev–Trinajstić information content (AvgIpc) is 3.22. The predicted octanol–water partition coefficient (Wildman–Crippen LogP) is 3.46. The molecule has 4 aromatic rings. The number of nitrogens with one attached hydrogen (secondary N) is 1. The fourth-order valence-electron chi connectivity index (χ4n) is 6.78. The molecule has 2 saturated heterocycles. The van der Waals surface area contributed by atoms with Crippen LogP contribution < -0.4 is 32.0 Å². The Morgan fingerprint density at radius 2 is 1.17 bits per heavy atom. The van der Waals surface area contributed by atoms with Gasteiger partial charge in [0.15, 0.2) is 0 Å². The Bertz CT molecular complexity index is 2590. The summed E-state index contributed by atoms with van der Waals surface area (Å²) in [7, 11) is -4.76. The lowest BCUT2D eigenvalue weighted by atomic mass is 10.0. The van der Waals surface area contributed by atoms with Gasteiger partial charge in [-0.15, -0.1) is 0 Å². The highest BCUT2D eigenvalue weighted by Crippen LogP contribution is 2.30. The van der Waals surface area contributed by atoms with Gasteiger partial charge in [0.25, 0.3) is 0 Å². The number of methoxy groups -OCH3 is 2. The van der Waals surface area contributed by atoms with E-state index in [1.165, 1.54) is 59.9 Å². The second kappa shape index (κ2) is 23.3. The van der Waals surface area contributed by atoms with Crippen LogP contribution in [0.4, 0.5) is 26.4 Å². The van der Waals surface area contributed by atoms with Crippen molar-refractivity contribution in [1.82, 2.24) is 28.5 Å². The molecule has 0 radical (unpaired) electrons. The zero-order valence-electron chi connectivity index (χ0n) is 36.6. The summed E-state index contributed by atoms with van der Waals surface area (Å²) < 4.78 is 97.6. The van der Waals surface area contributed by atoms with Crippen LogP contribution in [0.15, 0.2) is 41.8 Å². The van der Waals surface area contributed by atoms with Crippen LogP contribution >= 0.6 is 0 Å². The van der Waals surface area contributed by atoms with Crippen molar-refractivity contribution in [2.45, 2.75) is 71.1 Å². The minimum Gasteiger partial charge on any atom is -0.496 e. The molecule has 2 aromatic heterocycles. The number of halogens is 2. The zero-order valence-corrected chi connectivity index (χ0v) is 39.0. The van der Waals surface area contributed by atoms with E-state index in [9.17, 15) is 39.4 Å². The van der Waals surface area contributed by atoms with Crippen molar-refractivity contribution < 1.29 is 48.9 Å². The maximum absolute atomic E-state index is 13.8. The van der Waals surface area contributed by atoms with Crippen LogP contribution in [0.1, 0.15) is 83.0 Å². The minimum absolute atomic E-state index is 0. The van der Waals surface area contributed by atoms with Crippen molar-refractivity contribution >= 4 is 60.0 Å². The average molecular weight is 969 g/mol. The smallest absolute Gasteiger partial charge is 0.224 e. The van der Waals surface area contributed by atoms with Crippen molar-refractivity contribution in [1.29, 1.82) is 0 Å². The number of rotatable bonds is 12. The second-order valence-electron chi connectivity index (χ2n) is 14.9. The summed E-state index contributed by atoms with van der Waals surface area (Å²) in [5, 5.41) is 3.18. The number of aryl methyl sites for hydroxylation is 2. The van der Waals surface area contributed by atoms with Crippen LogP contribution in [0.5, 0.6) is 11.5 Å². The standard InChI is InChI=1S/C19H24FN5O4S.C15H16FN3O3S.C6H14N2O2S.CH4/c1-11-8-12(20)9-14(17(11)29-2)16(26)15-10-22-19(24-18(15)21)23-13-4-6-25(7-5-13)30(3,27)28;1-4-23(21)15-18-7-11(14(17)19-15)12(20)10-6-9(16)5-8(2)13(10)22-3;1-11(9,10)8-4-2-6(7)3-5-8;/h8-10,13H,4-7H2,1-3H3,(H3,21,22,23,24);5-7H,4H2,1-3H3,(H2,17,18,19);6H,2-5,7H2,1H3;1H4. The van der Waals surface area contributed by atoms with Crippen LogP contribution in [0.3, 0.4) is 0 Å². The van der Waals surface area contributed by atoms with Gasteiger partial charge >= 0.3 is 0 Å². The van der Waals surface area contributed by atoms with Gasteiger partial charge in [0, 0.05) is 56.4 Å². The number of benzene rings is 2. The third-order valence-corrected chi connectivity index (χ3v) is 13.9. The first-order chi connectivity index (χ1) is 30.0. The van der Waals surface area contributed by atoms with Crippen LogP contribution in [0, 0.1) is 25.5 Å². The van der Waals surface area contributed by atoms with Gasteiger partial charge in [0.2, 0.25) is 42.7 Å². The quantitative estimate of drug-likeness (QED) is 0.117. The number of sulfonamides is 2. The number of carbonyl (C=O) groups is 2. The molecule has 7 N–H and O–H groups in total. The molecule has 0 aliphatic carbocycles.